The van der Waals surface area contributed by atoms with Gasteiger partial charge in [0.15, 0.2) is 6.10 Å². The number of thioether (sulfide) groups is 1. The van der Waals surface area contributed by atoms with Crippen LogP contribution in [0.2, 0.25) is 0 Å². The molecule has 0 aromatic rings. The van der Waals surface area contributed by atoms with Gasteiger partial charge in [-0.3, -0.25) is 18.9 Å². The molecule has 0 aliphatic heterocycles. The van der Waals surface area contributed by atoms with Gasteiger partial charge in [0, 0.05) is 23.8 Å². The number of ether oxygens (including phenoxy) is 2. The van der Waals surface area contributed by atoms with E-state index in [1.54, 1.807) is 12.2 Å². The van der Waals surface area contributed by atoms with Crippen LogP contribution in [0.5, 0.6) is 0 Å². The van der Waals surface area contributed by atoms with Gasteiger partial charge in [-0.15, -0.1) is 11.8 Å². The number of carboxylic acid groups (broad SMARTS) is 1. The molecule has 0 aromatic carbocycles. The van der Waals surface area contributed by atoms with Crippen molar-refractivity contribution in [1.82, 2.24) is 0 Å². The van der Waals surface area contributed by atoms with Gasteiger partial charge in [-0.05, 0) is 44.4 Å². The van der Waals surface area contributed by atoms with Gasteiger partial charge in [-0.25, -0.2) is 4.57 Å². The van der Waals surface area contributed by atoms with E-state index in [1.165, 1.54) is 114 Å². The van der Waals surface area contributed by atoms with E-state index in [2.05, 4.69) is 37.4 Å². The number of carbonyl (C=O) groups excluding carboxylic acids is 2. The Hall–Kier alpha value is -2.25. The number of aliphatic hydroxyl groups is 1. The molecule has 12 nitrogen and oxygen atoms in total. The Morgan fingerprint density at radius 1 is 0.694 bits per heavy atom. The Morgan fingerprint density at radius 3 is 1.84 bits per heavy atom. The molecular formula is C48H86NO11PS. The number of hydrogen-bond donors (Lipinski definition) is 5. The minimum absolute atomic E-state index is 0.0421. The summed E-state index contributed by atoms with van der Waals surface area (Å²) in [5.74, 6) is -1.51. The molecule has 0 saturated heterocycles. The van der Waals surface area contributed by atoms with Crippen LogP contribution in [-0.2, 0) is 32.9 Å². The van der Waals surface area contributed by atoms with E-state index >= 15 is 0 Å². The van der Waals surface area contributed by atoms with E-state index in [4.69, 9.17) is 20.3 Å². The van der Waals surface area contributed by atoms with Crippen molar-refractivity contribution < 1.29 is 52.9 Å². The fourth-order valence-electron chi connectivity index (χ4n) is 6.59. The van der Waals surface area contributed by atoms with Crippen LogP contribution in [0.15, 0.2) is 48.6 Å². The number of phosphoric ester groups is 1. The first-order valence-electron chi connectivity index (χ1n) is 23.7. The highest BCUT2D eigenvalue weighted by Gasteiger charge is 2.26. The van der Waals surface area contributed by atoms with Crippen molar-refractivity contribution in [3.63, 3.8) is 0 Å². The third-order valence-electron chi connectivity index (χ3n) is 10.3. The number of nitrogens with two attached hydrogens (primary N) is 1. The van der Waals surface area contributed by atoms with Crippen LogP contribution in [0.3, 0.4) is 0 Å². The number of aliphatic carboxylic acids is 1. The van der Waals surface area contributed by atoms with Crippen molar-refractivity contribution in [3.8, 4) is 0 Å². The summed E-state index contributed by atoms with van der Waals surface area (Å²) in [6, 6.07) is -1.14. The van der Waals surface area contributed by atoms with Crippen LogP contribution in [0.4, 0.5) is 0 Å². The zero-order valence-corrected chi connectivity index (χ0v) is 40.3. The zero-order valence-electron chi connectivity index (χ0n) is 38.6. The van der Waals surface area contributed by atoms with Gasteiger partial charge in [0.1, 0.15) is 12.6 Å². The highest BCUT2D eigenvalue weighted by Crippen LogP contribution is 2.36. The maximum absolute atomic E-state index is 12.8. The van der Waals surface area contributed by atoms with Gasteiger partial charge < -0.3 is 35.2 Å². The first kappa shape index (κ1) is 59.8. The van der Waals surface area contributed by atoms with Gasteiger partial charge in [0.05, 0.1) is 12.7 Å². The largest absolute Gasteiger partial charge is 0.481 e. The Labute approximate surface area is 379 Å². The Morgan fingerprint density at radius 2 is 1.27 bits per heavy atom. The molecule has 0 saturated carbocycles. The molecule has 0 aliphatic carbocycles. The maximum atomic E-state index is 12.8. The molecule has 0 rings (SSSR count). The number of unbranched alkanes of at least 4 members (excludes halogenated alkanes) is 18. The number of hydrogen-bond acceptors (Lipinski definition) is 10. The summed E-state index contributed by atoms with van der Waals surface area (Å²) in [4.78, 5) is 54.9. The fourth-order valence-corrected chi connectivity index (χ4v) is 8.07. The summed E-state index contributed by atoms with van der Waals surface area (Å²) >= 11 is 1.21. The van der Waals surface area contributed by atoms with Gasteiger partial charge >= 0.3 is 25.7 Å². The average Bonchev–Trinajstić information content (AvgIpc) is 3.21. The first-order valence-corrected chi connectivity index (χ1v) is 26.3. The summed E-state index contributed by atoms with van der Waals surface area (Å²) < 4.78 is 26.6. The van der Waals surface area contributed by atoms with Crippen LogP contribution < -0.4 is 5.73 Å². The topological polar surface area (TPSA) is 203 Å². The summed E-state index contributed by atoms with van der Waals surface area (Å²) in [6.45, 7) is 5.57. The van der Waals surface area contributed by atoms with Crippen LogP contribution in [0.25, 0.3) is 0 Å². The lowest BCUT2D eigenvalue weighted by molar-refractivity contribution is -0.161. The quantitative estimate of drug-likeness (QED) is 0.0127. The molecule has 0 bridgehead atoms. The van der Waals surface area contributed by atoms with E-state index in [1.807, 2.05) is 24.3 Å². The molecule has 0 unspecified atom stereocenters. The average molecular weight is 916 g/mol. The minimum Gasteiger partial charge on any atom is -0.481 e. The molecular weight excluding hydrogens is 830 g/mol. The van der Waals surface area contributed by atoms with Gasteiger partial charge in [0.25, 0.3) is 0 Å². The van der Waals surface area contributed by atoms with Crippen molar-refractivity contribution in [1.29, 1.82) is 0 Å². The maximum Gasteiger partial charge on any atom is 0.469 e. The fraction of sp³-hybridized carbons (Fsp3) is 0.771. The zero-order chi connectivity index (χ0) is 46.1. The van der Waals surface area contributed by atoms with Gasteiger partial charge in [-0.1, -0.05) is 185 Å². The molecule has 4 atom stereocenters. The van der Waals surface area contributed by atoms with E-state index in [0.29, 0.717) is 6.42 Å². The molecule has 0 fully saturated rings. The number of rotatable bonds is 43. The van der Waals surface area contributed by atoms with E-state index in [9.17, 15) is 33.8 Å². The molecule has 0 aliphatic rings. The summed E-state index contributed by atoms with van der Waals surface area (Å²) in [5.41, 5.74) is 6.12. The molecule has 0 aromatic heterocycles. The lowest BCUT2D eigenvalue weighted by atomic mass is 10.0. The molecule has 360 valence electrons. The third-order valence-corrected chi connectivity index (χ3v) is 12.2. The lowest BCUT2D eigenvalue weighted by Gasteiger charge is -2.22. The van der Waals surface area contributed by atoms with E-state index < -0.39 is 62.4 Å². The Balaban J connectivity index is 4.68. The van der Waals surface area contributed by atoms with Crippen molar-refractivity contribution in [3.05, 3.63) is 48.6 Å². The highest BCUT2D eigenvalue weighted by molar-refractivity contribution is 8.00. The predicted octanol–water partition coefficient (Wildman–Crippen LogP) is 11.5. The summed E-state index contributed by atoms with van der Waals surface area (Å²) in [7, 11) is -4.89. The van der Waals surface area contributed by atoms with Crippen molar-refractivity contribution >= 4 is 37.5 Å². The molecule has 62 heavy (non-hydrogen) atoms. The second-order valence-electron chi connectivity index (χ2n) is 16.8. The summed E-state index contributed by atoms with van der Waals surface area (Å²) in [5, 5.41) is 19.4. The standard InChI is InChI=1S/C48H86NO11PS/c1-4-5-6-7-8-9-10-18-21-24-27-30-35-45(44(50)34-32-36-46(51)52)62-40-43(49)48(54)58-38-42(39-59-61(55,56)57)60-47(53)37-31-28-25-22-19-16-14-12-11-13-15-17-20-23-26-29-33-41(2)3/h8-9,18,21,24,27,30,35,41-45,50H,4-7,10-17,19-20,22-23,25-26,28-29,31-34,36-40,49H2,1-3H3,(H,51,52)(H2,55,56,57)/b9-8-,21-18-,27-24+,35-30+/t42-,43+,44+,45-/m1/s1. The number of esters is 2. The van der Waals surface area contributed by atoms with Crippen molar-refractivity contribution in [2.75, 3.05) is 19.0 Å². The molecule has 0 heterocycles. The van der Waals surface area contributed by atoms with Crippen molar-refractivity contribution in [2.24, 2.45) is 11.7 Å². The number of aliphatic hydroxyl groups excluding tert-OH is 1. The molecule has 0 amide bonds. The van der Waals surface area contributed by atoms with Crippen LogP contribution in [0, 0.1) is 5.92 Å². The summed E-state index contributed by atoms with van der Waals surface area (Å²) in [6.07, 6.45) is 40.2. The van der Waals surface area contributed by atoms with Crippen LogP contribution >= 0.6 is 19.6 Å². The predicted molar refractivity (Wildman–Crippen MR) is 254 cm³/mol. The minimum atomic E-state index is -4.89. The number of allylic oxidation sites excluding steroid dienone is 7. The molecule has 0 spiro atoms. The van der Waals surface area contributed by atoms with Gasteiger partial charge in [-0.2, -0.15) is 0 Å². The molecule has 6 N–H and O–H groups in total. The SMILES string of the molecule is CCCCC/C=C\C\C=C/C=C/C=C/[C@@H](SC[C@H](N)C(=O)OC[C@H](COP(=O)(O)O)OC(=O)CCCCCCCCCCCCCCCCCCC(C)C)[C@@H](O)CCCC(=O)O. The Kier molecular flexibility index (Phi) is 39.9. The number of phosphoric acid groups is 1. The Bertz CT molecular complexity index is 1290. The smallest absolute Gasteiger partial charge is 0.469 e. The second-order valence-corrected chi connectivity index (χ2v) is 19.2. The monoisotopic (exact) mass is 916 g/mol. The highest BCUT2D eigenvalue weighted by atomic mass is 32.2. The van der Waals surface area contributed by atoms with Gasteiger partial charge in [0.2, 0.25) is 0 Å². The molecule has 14 heteroatoms. The molecule has 0 radical (unpaired) electrons. The lowest BCUT2D eigenvalue weighted by Crippen LogP contribution is -2.38. The van der Waals surface area contributed by atoms with Crippen LogP contribution in [-0.4, -0.2) is 80.4 Å². The van der Waals surface area contributed by atoms with E-state index in [-0.39, 0.29) is 31.4 Å². The first-order chi connectivity index (χ1) is 29.7. The number of carboxylic acids is 1. The second kappa shape index (κ2) is 41.5. The van der Waals surface area contributed by atoms with Crippen LogP contribution in [0.1, 0.15) is 188 Å². The third kappa shape index (κ3) is 41.7. The number of carbonyl (C=O) groups is 3. The van der Waals surface area contributed by atoms with E-state index in [0.717, 1.165) is 38.0 Å². The van der Waals surface area contributed by atoms with Crippen molar-refractivity contribution in [2.45, 2.75) is 211 Å². The normalized spacial score (nSPS) is 14.4.